The monoisotopic (exact) mass is 437 g/mol. The van der Waals surface area contributed by atoms with Crippen LogP contribution in [-0.2, 0) is 0 Å². The Balaban J connectivity index is 1.63. The summed E-state index contributed by atoms with van der Waals surface area (Å²) in [4.78, 5) is 12.8. The molecule has 1 N–H and O–H groups in total. The van der Waals surface area contributed by atoms with Gasteiger partial charge in [-0.15, -0.1) is 13.2 Å². The number of anilines is 1. The molecule has 162 valence electrons. The van der Waals surface area contributed by atoms with Gasteiger partial charge in [0.15, 0.2) is 0 Å². The second-order valence-electron chi connectivity index (χ2n) is 7.05. The van der Waals surface area contributed by atoms with Crippen LogP contribution in [0.15, 0.2) is 84.9 Å². The van der Waals surface area contributed by atoms with Crippen molar-refractivity contribution in [3.8, 4) is 22.7 Å². The molecule has 32 heavy (non-hydrogen) atoms. The lowest BCUT2D eigenvalue weighted by Crippen LogP contribution is -2.17. The molecule has 0 aliphatic carbocycles. The Morgan fingerprint density at radius 1 is 0.938 bits per heavy atom. The summed E-state index contributed by atoms with van der Waals surface area (Å²) in [6.45, 7) is 1.99. The molecular weight excluding hydrogens is 419 g/mol. The topological polar surface area (TPSA) is 56.1 Å². The molecule has 1 aromatic heterocycles. The summed E-state index contributed by atoms with van der Waals surface area (Å²) in [5, 5.41) is 7.43. The van der Waals surface area contributed by atoms with E-state index >= 15 is 0 Å². The second-order valence-corrected chi connectivity index (χ2v) is 7.05. The van der Waals surface area contributed by atoms with Gasteiger partial charge < -0.3 is 10.1 Å². The SMILES string of the molecule is Cc1ccc(-c2cc(NC(=O)c3ccc(OC(F)(F)F)cc3)n(-c3ccccc3)n2)cc1. The summed E-state index contributed by atoms with van der Waals surface area (Å²) >= 11 is 0. The molecule has 0 unspecified atom stereocenters. The molecule has 0 aliphatic heterocycles. The smallest absolute Gasteiger partial charge is 0.406 e. The number of para-hydroxylation sites is 1. The van der Waals surface area contributed by atoms with Crippen LogP contribution in [0.1, 0.15) is 15.9 Å². The van der Waals surface area contributed by atoms with Crippen LogP contribution in [0.25, 0.3) is 16.9 Å². The summed E-state index contributed by atoms with van der Waals surface area (Å²) in [7, 11) is 0. The number of rotatable bonds is 5. The van der Waals surface area contributed by atoms with Gasteiger partial charge in [0.25, 0.3) is 5.91 Å². The van der Waals surface area contributed by atoms with Crippen LogP contribution in [0, 0.1) is 6.92 Å². The molecule has 1 amide bonds. The van der Waals surface area contributed by atoms with Crippen LogP contribution in [0.2, 0.25) is 0 Å². The zero-order valence-corrected chi connectivity index (χ0v) is 16.9. The third-order valence-corrected chi connectivity index (χ3v) is 4.65. The van der Waals surface area contributed by atoms with E-state index in [9.17, 15) is 18.0 Å². The van der Waals surface area contributed by atoms with Crippen molar-refractivity contribution >= 4 is 11.7 Å². The minimum Gasteiger partial charge on any atom is -0.406 e. The predicted octanol–water partition coefficient (Wildman–Crippen LogP) is 6.00. The summed E-state index contributed by atoms with van der Waals surface area (Å²) in [5.74, 6) is -0.464. The Labute approximate surface area is 182 Å². The third-order valence-electron chi connectivity index (χ3n) is 4.65. The first-order valence-electron chi connectivity index (χ1n) is 9.68. The molecule has 0 spiro atoms. The number of aromatic nitrogens is 2. The maximum absolute atomic E-state index is 12.8. The quantitative estimate of drug-likeness (QED) is 0.417. The van der Waals surface area contributed by atoms with Crippen LogP contribution >= 0.6 is 0 Å². The average molecular weight is 437 g/mol. The Hall–Kier alpha value is -4.07. The van der Waals surface area contributed by atoms with Crippen molar-refractivity contribution in [2.24, 2.45) is 0 Å². The Bertz CT molecular complexity index is 1220. The van der Waals surface area contributed by atoms with Crippen molar-refractivity contribution < 1.29 is 22.7 Å². The molecule has 0 fully saturated rings. The van der Waals surface area contributed by atoms with E-state index in [1.165, 1.54) is 12.1 Å². The molecule has 0 radical (unpaired) electrons. The standard InChI is InChI=1S/C24H18F3N3O2/c1-16-7-9-17(10-8-16)21-15-22(30(29-21)19-5-3-2-4-6-19)28-23(31)18-11-13-20(14-12-18)32-24(25,26)27/h2-15H,1H3,(H,28,31). The minimum absolute atomic E-state index is 0.178. The number of hydrogen-bond donors (Lipinski definition) is 1. The first-order chi connectivity index (χ1) is 15.3. The minimum atomic E-state index is -4.79. The van der Waals surface area contributed by atoms with Crippen molar-refractivity contribution in [3.63, 3.8) is 0 Å². The molecule has 4 aromatic rings. The number of halogens is 3. The normalized spacial score (nSPS) is 11.2. The zero-order valence-electron chi connectivity index (χ0n) is 16.9. The van der Waals surface area contributed by atoms with Gasteiger partial charge in [-0.1, -0.05) is 48.0 Å². The lowest BCUT2D eigenvalue weighted by molar-refractivity contribution is -0.274. The zero-order chi connectivity index (χ0) is 22.7. The van der Waals surface area contributed by atoms with Gasteiger partial charge in [-0.05, 0) is 43.3 Å². The first-order valence-corrected chi connectivity index (χ1v) is 9.68. The number of amides is 1. The highest BCUT2D eigenvalue weighted by atomic mass is 19.4. The average Bonchev–Trinajstić information content (AvgIpc) is 3.18. The Morgan fingerprint density at radius 3 is 2.22 bits per heavy atom. The molecule has 1 heterocycles. The number of nitrogens with zero attached hydrogens (tertiary/aromatic N) is 2. The van der Waals surface area contributed by atoms with Gasteiger partial charge in [0, 0.05) is 17.2 Å². The molecule has 4 rings (SSSR count). The molecule has 0 saturated heterocycles. The van der Waals surface area contributed by atoms with Gasteiger partial charge in [-0.2, -0.15) is 5.10 Å². The molecule has 0 bridgehead atoms. The van der Waals surface area contributed by atoms with Gasteiger partial charge >= 0.3 is 6.36 Å². The van der Waals surface area contributed by atoms with E-state index in [-0.39, 0.29) is 5.56 Å². The second kappa shape index (κ2) is 8.58. The number of carbonyl (C=O) groups excluding carboxylic acids is 1. The number of aryl methyl sites for hydroxylation is 1. The highest BCUT2D eigenvalue weighted by molar-refractivity contribution is 6.04. The maximum Gasteiger partial charge on any atom is 0.573 e. The van der Waals surface area contributed by atoms with E-state index in [0.29, 0.717) is 11.5 Å². The van der Waals surface area contributed by atoms with E-state index in [4.69, 9.17) is 0 Å². The number of ether oxygens (including phenoxy) is 1. The van der Waals surface area contributed by atoms with Crippen molar-refractivity contribution in [1.29, 1.82) is 0 Å². The van der Waals surface area contributed by atoms with Gasteiger partial charge in [0.05, 0.1) is 11.4 Å². The first kappa shape index (κ1) is 21.2. The highest BCUT2D eigenvalue weighted by Crippen LogP contribution is 2.26. The van der Waals surface area contributed by atoms with Crippen molar-refractivity contribution in [2.45, 2.75) is 13.3 Å². The Morgan fingerprint density at radius 2 is 1.59 bits per heavy atom. The van der Waals surface area contributed by atoms with Crippen molar-refractivity contribution in [3.05, 3.63) is 96.1 Å². The fraction of sp³-hybridized carbons (Fsp3) is 0.0833. The lowest BCUT2D eigenvalue weighted by atomic mass is 10.1. The van der Waals surface area contributed by atoms with E-state index < -0.39 is 18.0 Å². The van der Waals surface area contributed by atoms with Crippen LogP contribution in [0.5, 0.6) is 5.75 Å². The molecule has 3 aromatic carbocycles. The van der Waals surface area contributed by atoms with Crippen LogP contribution in [0.4, 0.5) is 19.0 Å². The fourth-order valence-electron chi connectivity index (χ4n) is 3.10. The largest absolute Gasteiger partial charge is 0.573 e. The number of benzene rings is 3. The van der Waals surface area contributed by atoms with Gasteiger partial charge in [-0.25, -0.2) is 4.68 Å². The third kappa shape index (κ3) is 4.97. The molecule has 0 atom stereocenters. The number of nitrogens with one attached hydrogen (secondary N) is 1. The van der Waals surface area contributed by atoms with Gasteiger partial charge in [-0.3, -0.25) is 4.79 Å². The van der Waals surface area contributed by atoms with Gasteiger partial charge in [0.1, 0.15) is 11.6 Å². The number of carbonyl (C=O) groups is 1. The molecule has 0 aliphatic rings. The number of alkyl halides is 3. The summed E-state index contributed by atoms with van der Waals surface area (Å²) < 4.78 is 42.5. The molecular formula is C24H18F3N3O2. The number of hydrogen-bond acceptors (Lipinski definition) is 3. The van der Waals surface area contributed by atoms with Crippen LogP contribution in [0.3, 0.4) is 0 Å². The fourth-order valence-corrected chi connectivity index (χ4v) is 3.10. The van der Waals surface area contributed by atoms with E-state index in [2.05, 4.69) is 15.2 Å². The summed E-state index contributed by atoms with van der Waals surface area (Å²) in [6.07, 6.45) is -4.79. The molecule has 8 heteroatoms. The predicted molar refractivity (Wildman–Crippen MR) is 115 cm³/mol. The summed E-state index contributed by atoms with van der Waals surface area (Å²) in [5.41, 5.74) is 3.59. The van der Waals surface area contributed by atoms with Crippen LogP contribution in [-0.4, -0.2) is 22.1 Å². The maximum atomic E-state index is 12.8. The lowest BCUT2D eigenvalue weighted by Gasteiger charge is -2.10. The van der Waals surface area contributed by atoms with E-state index in [1.807, 2.05) is 61.5 Å². The van der Waals surface area contributed by atoms with E-state index in [0.717, 1.165) is 28.9 Å². The Kier molecular flexibility index (Phi) is 5.68. The summed E-state index contributed by atoms with van der Waals surface area (Å²) in [6, 6.07) is 23.6. The van der Waals surface area contributed by atoms with Crippen molar-refractivity contribution in [2.75, 3.05) is 5.32 Å². The molecule has 5 nitrogen and oxygen atoms in total. The molecule has 0 saturated carbocycles. The van der Waals surface area contributed by atoms with Crippen LogP contribution < -0.4 is 10.1 Å². The highest BCUT2D eigenvalue weighted by Gasteiger charge is 2.31. The van der Waals surface area contributed by atoms with Gasteiger partial charge in [0.2, 0.25) is 0 Å². The van der Waals surface area contributed by atoms with E-state index in [1.54, 1.807) is 10.7 Å². The van der Waals surface area contributed by atoms with Crippen molar-refractivity contribution in [1.82, 2.24) is 9.78 Å².